The zero-order valence-corrected chi connectivity index (χ0v) is 16.4. The third kappa shape index (κ3) is 6.72. The maximum Gasteiger partial charge on any atom is 0.310 e. The van der Waals surface area contributed by atoms with Crippen molar-refractivity contribution in [2.75, 3.05) is 6.61 Å². The molecule has 0 aliphatic rings. The zero-order chi connectivity index (χ0) is 20.5. The second kappa shape index (κ2) is 10.1. The van der Waals surface area contributed by atoms with E-state index in [4.69, 9.17) is 10.5 Å². The fourth-order valence-corrected chi connectivity index (χ4v) is 2.59. The summed E-state index contributed by atoms with van der Waals surface area (Å²) in [4.78, 5) is 28.6. The number of benzene rings is 2. The Balaban J connectivity index is 1.93. The van der Waals surface area contributed by atoms with Crippen LogP contribution in [0, 0.1) is 6.92 Å². The maximum absolute atomic E-state index is 12.2. The SMILES string of the molecule is CC(=Nc1ccccc1)C(NC(=O)COC(=O)Cc1cccc(C)c1)=C(C)N. The monoisotopic (exact) mass is 379 g/mol. The van der Waals surface area contributed by atoms with Crippen molar-refractivity contribution in [1.29, 1.82) is 0 Å². The predicted molar refractivity (Wildman–Crippen MR) is 110 cm³/mol. The molecule has 0 fully saturated rings. The summed E-state index contributed by atoms with van der Waals surface area (Å²) < 4.78 is 5.07. The van der Waals surface area contributed by atoms with Gasteiger partial charge in [0.2, 0.25) is 0 Å². The molecule has 0 saturated carbocycles. The molecule has 0 heterocycles. The van der Waals surface area contributed by atoms with E-state index in [-0.39, 0.29) is 13.0 Å². The standard InChI is InChI=1S/C22H25N3O3/c1-15-8-7-9-18(12-15)13-21(27)28-14-20(26)25-22(16(2)23)17(3)24-19-10-5-4-6-11-19/h4-12H,13-14,23H2,1-3H3,(H,25,26). The lowest BCUT2D eigenvalue weighted by Gasteiger charge is -2.12. The number of carbonyl (C=O) groups excluding carboxylic acids is 2. The van der Waals surface area contributed by atoms with E-state index in [1.165, 1.54) is 0 Å². The molecule has 3 N–H and O–H groups in total. The third-order valence-corrected chi connectivity index (χ3v) is 3.87. The largest absolute Gasteiger partial charge is 0.455 e. The summed E-state index contributed by atoms with van der Waals surface area (Å²) in [6.07, 6.45) is 0.113. The van der Waals surface area contributed by atoms with E-state index in [2.05, 4.69) is 10.3 Å². The van der Waals surface area contributed by atoms with Crippen molar-refractivity contribution in [3.8, 4) is 0 Å². The summed E-state index contributed by atoms with van der Waals surface area (Å²) >= 11 is 0. The molecule has 2 aromatic carbocycles. The Labute approximate surface area is 165 Å². The molecule has 0 aromatic heterocycles. The lowest BCUT2D eigenvalue weighted by molar-refractivity contribution is -0.147. The molecule has 6 nitrogen and oxygen atoms in total. The van der Waals surface area contributed by atoms with Gasteiger partial charge in [0.05, 0.1) is 23.5 Å². The topological polar surface area (TPSA) is 93.8 Å². The van der Waals surface area contributed by atoms with Gasteiger partial charge in [-0.1, -0.05) is 48.0 Å². The van der Waals surface area contributed by atoms with Crippen LogP contribution >= 0.6 is 0 Å². The van der Waals surface area contributed by atoms with Crippen molar-refractivity contribution < 1.29 is 14.3 Å². The van der Waals surface area contributed by atoms with E-state index in [1.807, 2.05) is 61.5 Å². The first-order valence-electron chi connectivity index (χ1n) is 8.93. The van der Waals surface area contributed by atoms with Gasteiger partial charge in [0.25, 0.3) is 5.91 Å². The van der Waals surface area contributed by atoms with E-state index in [1.54, 1.807) is 13.8 Å². The van der Waals surface area contributed by atoms with Crippen LogP contribution in [-0.4, -0.2) is 24.2 Å². The van der Waals surface area contributed by atoms with Crippen LogP contribution in [0.15, 0.2) is 71.0 Å². The number of aryl methyl sites for hydroxylation is 1. The molecule has 0 radical (unpaired) electrons. The van der Waals surface area contributed by atoms with E-state index in [9.17, 15) is 9.59 Å². The van der Waals surface area contributed by atoms with Crippen molar-refractivity contribution in [1.82, 2.24) is 5.32 Å². The van der Waals surface area contributed by atoms with Crippen LogP contribution in [0.25, 0.3) is 0 Å². The van der Waals surface area contributed by atoms with Crippen molar-refractivity contribution in [3.05, 3.63) is 77.1 Å². The summed E-state index contributed by atoms with van der Waals surface area (Å²) in [5.74, 6) is -0.939. The highest BCUT2D eigenvalue weighted by Gasteiger charge is 2.13. The molecular formula is C22H25N3O3. The normalized spacial score (nSPS) is 12.2. The summed E-state index contributed by atoms with van der Waals surface area (Å²) in [7, 11) is 0. The van der Waals surface area contributed by atoms with E-state index in [0.717, 1.165) is 16.8 Å². The zero-order valence-electron chi connectivity index (χ0n) is 16.4. The molecular weight excluding hydrogens is 354 g/mol. The molecule has 0 aliphatic heterocycles. The van der Waals surface area contributed by atoms with Gasteiger partial charge < -0.3 is 15.8 Å². The Kier molecular flexibility index (Phi) is 7.51. The van der Waals surface area contributed by atoms with Crippen LogP contribution in [0.5, 0.6) is 0 Å². The Hall–Kier alpha value is -3.41. The summed E-state index contributed by atoms with van der Waals surface area (Å²) in [6, 6.07) is 16.9. The van der Waals surface area contributed by atoms with Crippen LogP contribution in [0.4, 0.5) is 5.69 Å². The fourth-order valence-electron chi connectivity index (χ4n) is 2.59. The lowest BCUT2D eigenvalue weighted by Crippen LogP contribution is -2.32. The smallest absolute Gasteiger partial charge is 0.310 e. The number of hydrogen-bond donors (Lipinski definition) is 2. The average Bonchev–Trinajstić information content (AvgIpc) is 2.65. The number of nitrogens with two attached hydrogens (primary N) is 1. The van der Waals surface area contributed by atoms with Gasteiger partial charge >= 0.3 is 5.97 Å². The molecule has 1 amide bonds. The fraction of sp³-hybridized carbons (Fsp3) is 0.227. The van der Waals surface area contributed by atoms with Crippen molar-refractivity contribution >= 4 is 23.3 Å². The number of ether oxygens (including phenoxy) is 1. The van der Waals surface area contributed by atoms with Crippen molar-refractivity contribution in [3.63, 3.8) is 0 Å². The molecule has 6 heteroatoms. The highest BCUT2D eigenvalue weighted by atomic mass is 16.5. The summed E-state index contributed by atoms with van der Waals surface area (Å²) in [5.41, 5.74) is 9.92. The maximum atomic E-state index is 12.2. The Bertz CT molecular complexity index is 898. The third-order valence-electron chi connectivity index (χ3n) is 3.87. The number of esters is 1. The first kappa shape index (κ1) is 20.9. The predicted octanol–water partition coefficient (Wildman–Crippen LogP) is 3.18. The molecule has 2 aromatic rings. The van der Waals surface area contributed by atoms with Crippen molar-refractivity contribution in [2.24, 2.45) is 10.7 Å². The number of para-hydroxylation sites is 1. The minimum absolute atomic E-state index is 0.113. The van der Waals surface area contributed by atoms with Gasteiger partial charge in [-0.25, -0.2) is 0 Å². The Morgan fingerprint density at radius 1 is 1.07 bits per heavy atom. The minimum atomic E-state index is -0.472. The second-order valence-corrected chi connectivity index (χ2v) is 6.47. The summed E-state index contributed by atoms with van der Waals surface area (Å²) in [6.45, 7) is 4.98. The van der Waals surface area contributed by atoms with Gasteiger partial charge in [0, 0.05) is 5.70 Å². The number of carbonyl (C=O) groups is 2. The minimum Gasteiger partial charge on any atom is -0.455 e. The Morgan fingerprint density at radius 3 is 2.43 bits per heavy atom. The van der Waals surface area contributed by atoms with E-state index >= 15 is 0 Å². The molecule has 0 spiro atoms. The van der Waals surface area contributed by atoms with Crippen LogP contribution in [0.2, 0.25) is 0 Å². The van der Waals surface area contributed by atoms with Gasteiger partial charge in [-0.05, 0) is 38.5 Å². The first-order chi connectivity index (χ1) is 13.3. The molecule has 0 bridgehead atoms. The van der Waals surface area contributed by atoms with E-state index < -0.39 is 11.9 Å². The van der Waals surface area contributed by atoms with Crippen LogP contribution in [-0.2, 0) is 20.7 Å². The van der Waals surface area contributed by atoms with Gasteiger partial charge in [0.1, 0.15) is 0 Å². The van der Waals surface area contributed by atoms with Crippen LogP contribution in [0.3, 0.4) is 0 Å². The van der Waals surface area contributed by atoms with Gasteiger partial charge in [-0.2, -0.15) is 0 Å². The van der Waals surface area contributed by atoms with Gasteiger partial charge in [-0.3, -0.25) is 14.6 Å². The summed E-state index contributed by atoms with van der Waals surface area (Å²) in [5, 5.41) is 2.67. The highest BCUT2D eigenvalue weighted by molar-refractivity contribution is 6.03. The molecule has 0 unspecified atom stereocenters. The molecule has 28 heavy (non-hydrogen) atoms. The number of rotatable bonds is 7. The number of nitrogens with zero attached hydrogens (tertiary/aromatic N) is 1. The highest BCUT2D eigenvalue weighted by Crippen LogP contribution is 2.12. The molecule has 0 aliphatic carbocycles. The Morgan fingerprint density at radius 2 is 1.79 bits per heavy atom. The van der Waals surface area contributed by atoms with Crippen LogP contribution < -0.4 is 11.1 Å². The molecule has 0 saturated heterocycles. The average molecular weight is 379 g/mol. The second-order valence-electron chi connectivity index (χ2n) is 6.47. The van der Waals surface area contributed by atoms with Crippen LogP contribution in [0.1, 0.15) is 25.0 Å². The van der Waals surface area contributed by atoms with Crippen molar-refractivity contribution in [2.45, 2.75) is 27.2 Å². The lowest BCUT2D eigenvalue weighted by atomic mass is 10.1. The van der Waals surface area contributed by atoms with Gasteiger partial charge in [0.15, 0.2) is 6.61 Å². The number of nitrogens with one attached hydrogen (secondary N) is 1. The first-order valence-corrected chi connectivity index (χ1v) is 8.93. The molecule has 0 atom stereocenters. The number of hydrogen-bond acceptors (Lipinski definition) is 5. The van der Waals surface area contributed by atoms with Gasteiger partial charge in [-0.15, -0.1) is 0 Å². The number of amides is 1. The number of allylic oxidation sites excluding steroid dienone is 2. The molecule has 146 valence electrons. The van der Waals surface area contributed by atoms with E-state index in [0.29, 0.717) is 17.1 Å². The molecule has 2 rings (SSSR count). The quantitative estimate of drug-likeness (QED) is 0.571. The number of aliphatic imine (C=N–C) groups is 1.